The lowest BCUT2D eigenvalue weighted by atomic mass is 10.2. The van der Waals surface area contributed by atoms with Gasteiger partial charge >= 0.3 is 0 Å². The summed E-state index contributed by atoms with van der Waals surface area (Å²) in [7, 11) is -8.69. The summed E-state index contributed by atoms with van der Waals surface area (Å²) in [6, 6.07) is 12.1. The maximum absolute atomic E-state index is 13.3. The number of benzene rings is 2. The average molecular weight is 408 g/mol. The maximum Gasteiger partial charge on any atom is 0.277 e. The molecule has 0 saturated carbocycles. The summed E-state index contributed by atoms with van der Waals surface area (Å²) in [4.78, 5) is -0.187. The smallest absolute Gasteiger partial charge is 0.277 e. The monoisotopic (exact) mass is 407 g/mol. The van der Waals surface area contributed by atoms with Crippen LogP contribution in [0.1, 0.15) is 24.5 Å². The van der Waals surface area contributed by atoms with Crippen LogP contribution in [0.15, 0.2) is 70.3 Å². The highest BCUT2D eigenvalue weighted by Crippen LogP contribution is 2.33. The van der Waals surface area contributed by atoms with Crippen LogP contribution in [-0.4, -0.2) is 26.7 Å². The van der Waals surface area contributed by atoms with Crippen LogP contribution in [0, 0.1) is 13.8 Å². The van der Waals surface area contributed by atoms with Crippen LogP contribution in [0.3, 0.4) is 0 Å². The molecule has 6 nitrogen and oxygen atoms in total. The topological polar surface area (TPSA) is 80.8 Å². The number of aryl methyl sites for hydroxylation is 2. The van der Waals surface area contributed by atoms with Crippen molar-refractivity contribution in [3.63, 3.8) is 0 Å². The molecule has 0 aliphatic carbocycles. The van der Waals surface area contributed by atoms with Gasteiger partial charge in [0.15, 0.2) is 0 Å². The summed E-state index contributed by atoms with van der Waals surface area (Å²) < 4.78 is 58.9. The van der Waals surface area contributed by atoms with E-state index < -0.39 is 20.0 Å². The lowest BCUT2D eigenvalue weighted by molar-refractivity contribution is 0.189. The average Bonchev–Trinajstić information content (AvgIpc) is 3.00. The Morgan fingerprint density at radius 2 is 1.22 bits per heavy atom. The van der Waals surface area contributed by atoms with Crippen LogP contribution < -0.4 is 0 Å². The highest BCUT2D eigenvalue weighted by Gasteiger charge is 2.40. The molecule has 0 saturated heterocycles. The molecule has 2 aromatic rings. The Labute approximate surface area is 160 Å². The lowest BCUT2D eigenvalue weighted by Crippen LogP contribution is -2.36. The maximum atomic E-state index is 13.3. The summed E-state index contributed by atoms with van der Waals surface area (Å²) >= 11 is 0. The van der Waals surface area contributed by atoms with Gasteiger partial charge in [-0.1, -0.05) is 35.4 Å². The summed E-state index contributed by atoms with van der Waals surface area (Å²) in [6.07, 6.45) is 1.09. The molecule has 1 atom stereocenters. The molecule has 0 bridgehead atoms. The number of rotatable bonds is 5. The zero-order valence-corrected chi connectivity index (χ0v) is 16.9. The molecule has 27 heavy (non-hydrogen) atoms. The minimum absolute atomic E-state index is 0.0867. The van der Waals surface area contributed by atoms with Gasteiger partial charge in [-0.05, 0) is 45.0 Å². The van der Waals surface area contributed by atoms with E-state index in [0.29, 0.717) is 3.71 Å². The number of hydrogen-bond donors (Lipinski definition) is 0. The van der Waals surface area contributed by atoms with Gasteiger partial charge in [-0.3, -0.25) is 0 Å². The molecule has 0 amide bonds. The highest BCUT2D eigenvalue weighted by molar-refractivity contribution is 8.04. The minimum atomic E-state index is -4.34. The van der Waals surface area contributed by atoms with E-state index in [4.69, 9.17) is 4.74 Å². The van der Waals surface area contributed by atoms with E-state index in [-0.39, 0.29) is 28.0 Å². The second-order valence-corrected chi connectivity index (χ2v) is 10.4. The van der Waals surface area contributed by atoms with Gasteiger partial charge in [0.1, 0.15) is 12.4 Å². The molecule has 0 radical (unpaired) electrons. The van der Waals surface area contributed by atoms with Crippen molar-refractivity contribution in [1.29, 1.82) is 0 Å². The summed E-state index contributed by atoms with van der Waals surface area (Å²) in [5.41, 5.74) is 1.83. The van der Waals surface area contributed by atoms with Crippen LogP contribution in [0.2, 0.25) is 0 Å². The zero-order chi connectivity index (χ0) is 19.8. The van der Waals surface area contributed by atoms with Crippen molar-refractivity contribution in [2.45, 2.75) is 43.1 Å². The third-order valence-corrected chi connectivity index (χ3v) is 8.50. The number of ether oxygens (including phenoxy) is 1. The first kappa shape index (κ1) is 19.4. The standard InChI is InChI=1S/C19H21NO5S2/c1-14-4-8-18(9-5-14)26(21,22)20(17-12-16(3)25-13-17)27(23,24)19-10-6-15(2)7-11-19/h4-11,13,16H,12H2,1-3H3. The van der Waals surface area contributed by atoms with Crippen molar-refractivity contribution in [1.82, 2.24) is 3.71 Å². The van der Waals surface area contributed by atoms with E-state index in [0.717, 1.165) is 11.1 Å². The Balaban J connectivity index is 2.17. The molecule has 1 aliphatic rings. The van der Waals surface area contributed by atoms with E-state index in [2.05, 4.69) is 0 Å². The number of hydrogen-bond acceptors (Lipinski definition) is 5. The summed E-state index contributed by atoms with van der Waals surface area (Å²) in [5.74, 6) is 0. The molecule has 0 aromatic heterocycles. The molecular formula is C19H21NO5S2. The van der Waals surface area contributed by atoms with Gasteiger partial charge in [-0.25, -0.2) is 16.8 Å². The Kier molecular flexibility index (Phi) is 5.05. The first-order valence-electron chi connectivity index (χ1n) is 8.41. The first-order valence-corrected chi connectivity index (χ1v) is 11.3. The van der Waals surface area contributed by atoms with Crippen LogP contribution in [0.25, 0.3) is 0 Å². The predicted octanol–water partition coefficient (Wildman–Crippen LogP) is 3.33. The molecule has 1 heterocycles. The molecule has 8 heteroatoms. The van der Waals surface area contributed by atoms with Crippen LogP contribution in [0.4, 0.5) is 0 Å². The van der Waals surface area contributed by atoms with Crippen LogP contribution >= 0.6 is 0 Å². The van der Waals surface area contributed by atoms with Crippen molar-refractivity contribution in [2.75, 3.05) is 0 Å². The number of nitrogens with zero attached hydrogens (tertiary/aromatic N) is 1. The fourth-order valence-electron chi connectivity index (χ4n) is 2.75. The highest BCUT2D eigenvalue weighted by atomic mass is 32.3. The zero-order valence-electron chi connectivity index (χ0n) is 15.3. The van der Waals surface area contributed by atoms with Gasteiger partial charge in [0, 0.05) is 6.42 Å². The molecule has 0 spiro atoms. The molecule has 0 fully saturated rings. The number of sulfonamides is 2. The van der Waals surface area contributed by atoms with Crippen molar-refractivity contribution in [2.24, 2.45) is 0 Å². The van der Waals surface area contributed by atoms with Crippen LogP contribution in [0.5, 0.6) is 0 Å². The molecule has 2 aromatic carbocycles. The summed E-state index contributed by atoms with van der Waals surface area (Å²) in [5, 5.41) is 0. The van der Waals surface area contributed by atoms with Crippen molar-refractivity contribution < 1.29 is 21.6 Å². The lowest BCUT2D eigenvalue weighted by Gasteiger charge is -2.24. The van der Waals surface area contributed by atoms with E-state index in [9.17, 15) is 16.8 Å². The normalized spacial score (nSPS) is 17.3. The molecule has 1 aliphatic heterocycles. The Bertz CT molecular complexity index is 994. The second-order valence-electron chi connectivity index (χ2n) is 6.59. The predicted molar refractivity (Wildman–Crippen MR) is 102 cm³/mol. The van der Waals surface area contributed by atoms with Gasteiger partial charge in [0.25, 0.3) is 20.0 Å². The first-order chi connectivity index (χ1) is 12.6. The van der Waals surface area contributed by atoms with Crippen molar-refractivity contribution in [3.05, 3.63) is 71.6 Å². The third kappa shape index (κ3) is 3.72. The Hall–Kier alpha value is -2.32. The molecule has 1 unspecified atom stereocenters. The van der Waals surface area contributed by atoms with Crippen molar-refractivity contribution >= 4 is 20.0 Å². The van der Waals surface area contributed by atoms with E-state index in [1.165, 1.54) is 30.5 Å². The molecule has 3 rings (SSSR count). The molecule has 0 N–H and O–H groups in total. The van der Waals surface area contributed by atoms with E-state index in [1.54, 1.807) is 31.2 Å². The minimum Gasteiger partial charge on any atom is -0.496 e. The largest absolute Gasteiger partial charge is 0.496 e. The SMILES string of the molecule is Cc1ccc(S(=O)(=O)N(C2=COC(C)C2)S(=O)(=O)c2ccc(C)cc2)cc1. The van der Waals surface area contributed by atoms with Crippen LogP contribution in [-0.2, 0) is 24.8 Å². The van der Waals surface area contributed by atoms with E-state index in [1.807, 2.05) is 13.8 Å². The van der Waals surface area contributed by atoms with Gasteiger partial charge in [0.2, 0.25) is 0 Å². The third-order valence-electron chi connectivity index (χ3n) is 4.24. The fraction of sp³-hybridized carbons (Fsp3) is 0.263. The molecular weight excluding hydrogens is 386 g/mol. The van der Waals surface area contributed by atoms with Crippen molar-refractivity contribution in [3.8, 4) is 0 Å². The van der Waals surface area contributed by atoms with Gasteiger partial charge in [0.05, 0.1) is 15.5 Å². The second kappa shape index (κ2) is 7.01. The Morgan fingerprint density at radius 1 is 0.815 bits per heavy atom. The van der Waals surface area contributed by atoms with Gasteiger partial charge in [-0.15, -0.1) is 0 Å². The molecule has 144 valence electrons. The Morgan fingerprint density at radius 3 is 1.56 bits per heavy atom. The van der Waals surface area contributed by atoms with E-state index >= 15 is 0 Å². The summed E-state index contributed by atoms with van der Waals surface area (Å²) in [6.45, 7) is 5.40. The van der Waals surface area contributed by atoms with Gasteiger partial charge < -0.3 is 4.74 Å². The van der Waals surface area contributed by atoms with Gasteiger partial charge in [-0.2, -0.15) is 3.71 Å². The quantitative estimate of drug-likeness (QED) is 0.759. The fourth-order valence-corrected chi connectivity index (χ4v) is 6.50.